The Morgan fingerprint density at radius 3 is 1.52 bits per heavy atom. The molecule has 0 aromatic heterocycles. The van der Waals surface area contributed by atoms with Crippen molar-refractivity contribution in [1.82, 2.24) is 0 Å². The average molecular weight is 623 g/mol. The zero-order chi connectivity index (χ0) is 31.6. The first kappa shape index (κ1) is 37.5. The van der Waals surface area contributed by atoms with Crippen molar-refractivity contribution >= 4 is 5.97 Å². The van der Waals surface area contributed by atoms with Gasteiger partial charge in [-0.15, -0.1) is 0 Å². The highest BCUT2D eigenvalue weighted by Gasteiger charge is 2.40. The molecule has 7 heteroatoms. The van der Waals surface area contributed by atoms with Gasteiger partial charge in [-0.3, -0.25) is 0 Å². The largest absolute Gasteiger partial charge is 0.455 e. The molecule has 3 aliphatic heterocycles. The molecule has 3 aliphatic rings. The fourth-order valence-corrected chi connectivity index (χ4v) is 7.28. The van der Waals surface area contributed by atoms with Crippen LogP contribution >= 0.6 is 0 Å². The summed E-state index contributed by atoms with van der Waals surface area (Å²) >= 11 is 0. The summed E-state index contributed by atoms with van der Waals surface area (Å²) in [5.41, 5.74) is 0.617. The molecule has 3 N–H and O–H groups in total. The highest BCUT2D eigenvalue weighted by molar-refractivity contribution is 5.90. The van der Waals surface area contributed by atoms with Crippen molar-refractivity contribution in [1.29, 1.82) is 0 Å². The molecule has 0 spiro atoms. The lowest BCUT2D eigenvalue weighted by Gasteiger charge is -2.24. The molecular formula is C37H66O7. The maximum Gasteiger partial charge on any atom is 0.334 e. The summed E-state index contributed by atoms with van der Waals surface area (Å²) in [5, 5.41) is 31.6. The summed E-state index contributed by atoms with van der Waals surface area (Å²) in [5.74, 6) is -0.281. The highest BCUT2D eigenvalue weighted by atomic mass is 16.6. The number of unbranched alkanes of at least 4 members (excludes halogenated alkanes) is 14. The first-order chi connectivity index (χ1) is 21.4. The van der Waals surface area contributed by atoms with E-state index in [-0.39, 0.29) is 42.6 Å². The third-order valence-corrected chi connectivity index (χ3v) is 10.0. The minimum Gasteiger partial charge on any atom is -0.455 e. The minimum absolute atomic E-state index is 0.0519. The Bertz CT molecular complexity index is 801. The van der Waals surface area contributed by atoms with Crippen LogP contribution < -0.4 is 0 Å². The molecular weight excluding hydrogens is 556 g/mol. The van der Waals surface area contributed by atoms with Gasteiger partial charge in [0, 0.05) is 12.0 Å². The Balaban J connectivity index is 1.13. The summed E-state index contributed by atoms with van der Waals surface area (Å²) in [6, 6.07) is 0. The fraction of sp³-hybridized carbons (Fsp3) is 0.919. The Morgan fingerprint density at radius 2 is 1.09 bits per heavy atom. The first-order valence-electron chi connectivity index (χ1n) is 18.6. The topological polar surface area (TPSA) is 105 Å². The normalized spacial score (nSPS) is 27.4. The third-order valence-electron chi connectivity index (χ3n) is 10.0. The lowest BCUT2D eigenvalue weighted by atomic mass is 10.00. The number of cyclic esters (lactones) is 1. The van der Waals surface area contributed by atoms with Crippen molar-refractivity contribution in [2.45, 2.75) is 217 Å². The molecule has 2 fully saturated rings. The molecule has 7 nitrogen and oxygen atoms in total. The summed E-state index contributed by atoms with van der Waals surface area (Å²) < 4.78 is 17.7. The van der Waals surface area contributed by atoms with Gasteiger partial charge < -0.3 is 29.5 Å². The van der Waals surface area contributed by atoms with Crippen LogP contribution in [0.3, 0.4) is 0 Å². The van der Waals surface area contributed by atoms with E-state index in [9.17, 15) is 20.1 Å². The van der Waals surface area contributed by atoms with Crippen molar-refractivity contribution < 1.29 is 34.3 Å². The van der Waals surface area contributed by atoms with Crippen LogP contribution in [0.4, 0.5) is 0 Å². The lowest BCUT2D eigenvalue weighted by Crippen LogP contribution is -2.33. The van der Waals surface area contributed by atoms with Gasteiger partial charge in [-0.1, -0.05) is 110 Å². The monoisotopic (exact) mass is 622 g/mol. The van der Waals surface area contributed by atoms with E-state index in [2.05, 4.69) is 6.92 Å². The zero-order valence-electron chi connectivity index (χ0n) is 28.1. The van der Waals surface area contributed by atoms with Crippen molar-refractivity contribution in [3.05, 3.63) is 11.6 Å². The number of hydrogen-bond acceptors (Lipinski definition) is 7. The van der Waals surface area contributed by atoms with Gasteiger partial charge in [0.05, 0.1) is 42.7 Å². The second-order valence-electron chi connectivity index (χ2n) is 14.0. The number of carbonyl (C=O) groups is 1. The number of hydrogen-bond donors (Lipinski definition) is 3. The van der Waals surface area contributed by atoms with Gasteiger partial charge in [0.1, 0.15) is 6.10 Å². The first-order valence-corrected chi connectivity index (χ1v) is 18.6. The van der Waals surface area contributed by atoms with Crippen LogP contribution in [-0.4, -0.2) is 70.1 Å². The Labute approximate surface area is 268 Å². The van der Waals surface area contributed by atoms with Crippen LogP contribution in [-0.2, 0) is 19.0 Å². The standard InChI is InChI=1S/C37H66O7/c1-3-4-5-6-7-11-14-17-20-31(39)33-22-24-35(43-33)36-25-23-34(44-36)32(40)21-18-15-12-9-8-10-13-16-19-30(38)27-29-26-28(2)42-37(29)41/h26,28,30-36,38-40H,3-25,27H2,1-2H3/t28-,30+,31?,32?,33?,34?,35?,36?/m0/s1. The second kappa shape index (κ2) is 21.7. The number of carbonyl (C=O) groups excluding carboxylic acids is 1. The molecule has 0 radical (unpaired) electrons. The summed E-state index contributed by atoms with van der Waals surface area (Å²) in [4.78, 5) is 11.7. The molecule has 3 rings (SSSR count). The van der Waals surface area contributed by atoms with Crippen LogP contribution in [0.25, 0.3) is 0 Å². The van der Waals surface area contributed by atoms with Crippen LogP contribution in [0, 0.1) is 0 Å². The van der Waals surface area contributed by atoms with Crippen molar-refractivity contribution in [3.63, 3.8) is 0 Å². The second-order valence-corrected chi connectivity index (χ2v) is 14.0. The summed E-state index contributed by atoms with van der Waals surface area (Å²) in [6.45, 7) is 4.09. The van der Waals surface area contributed by atoms with Crippen molar-refractivity contribution in [2.24, 2.45) is 0 Å². The van der Waals surface area contributed by atoms with E-state index >= 15 is 0 Å². The van der Waals surface area contributed by atoms with Crippen molar-refractivity contribution in [2.75, 3.05) is 0 Å². The van der Waals surface area contributed by atoms with E-state index in [1.807, 2.05) is 13.0 Å². The highest BCUT2D eigenvalue weighted by Crippen LogP contribution is 2.34. The molecule has 0 aromatic rings. The molecule has 0 aliphatic carbocycles. The third kappa shape index (κ3) is 14.2. The smallest absolute Gasteiger partial charge is 0.334 e. The van der Waals surface area contributed by atoms with Crippen LogP contribution in [0.15, 0.2) is 11.6 Å². The maximum atomic E-state index is 11.7. The van der Waals surface area contributed by atoms with E-state index in [4.69, 9.17) is 14.2 Å². The molecule has 0 aromatic carbocycles. The molecule has 2 saturated heterocycles. The Hall–Kier alpha value is -0.990. The van der Waals surface area contributed by atoms with Gasteiger partial charge in [0.2, 0.25) is 0 Å². The predicted octanol–water partition coefficient (Wildman–Crippen LogP) is 7.86. The van der Waals surface area contributed by atoms with E-state index in [0.717, 1.165) is 77.0 Å². The molecule has 3 heterocycles. The molecule has 44 heavy (non-hydrogen) atoms. The number of aliphatic hydroxyl groups is 3. The Kier molecular flexibility index (Phi) is 18.5. The van der Waals surface area contributed by atoms with E-state index in [1.165, 1.54) is 70.6 Å². The van der Waals surface area contributed by atoms with Gasteiger partial charge in [-0.05, 0) is 57.9 Å². The van der Waals surface area contributed by atoms with Gasteiger partial charge in [-0.2, -0.15) is 0 Å². The average Bonchev–Trinajstić information content (AvgIpc) is 3.75. The Morgan fingerprint density at radius 1 is 0.659 bits per heavy atom. The van der Waals surface area contributed by atoms with Crippen LogP contribution in [0.5, 0.6) is 0 Å². The van der Waals surface area contributed by atoms with Gasteiger partial charge in [0.25, 0.3) is 0 Å². The SMILES string of the molecule is CCCCCCCCCCC(O)C1CCC(C2CCC(C(O)CCCCCCCCCC[C@@H](O)CC3=C[C@H](C)OC3=O)O2)O1. The van der Waals surface area contributed by atoms with E-state index < -0.39 is 12.2 Å². The quantitative estimate of drug-likeness (QED) is 0.0703. The van der Waals surface area contributed by atoms with Gasteiger partial charge >= 0.3 is 5.97 Å². The fourth-order valence-electron chi connectivity index (χ4n) is 7.28. The van der Waals surface area contributed by atoms with Crippen molar-refractivity contribution in [3.8, 4) is 0 Å². The molecule has 0 bridgehead atoms. The number of esters is 1. The van der Waals surface area contributed by atoms with Crippen LogP contribution in [0.2, 0.25) is 0 Å². The molecule has 256 valence electrons. The van der Waals surface area contributed by atoms with E-state index in [1.54, 1.807) is 0 Å². The lowest BCUT2D eigenvalue weighted by molar-refractivity contribution is -0.139. The maximum absolute atomic E-state index is 11.7. The molecule has 8 atom stereocenters. The zero-order valence-corrected chi connectivity index (χ0v) is 28.1. The van der Waals surface area contributed by atoms with Gasteiger partial charge in [-0.25, -0.2) is 4.79 Å². The van der Waals surface area contributed by atoms with Gasteiger partial charge in [0.15, 0.2) is 0 Å². The molecule has 0 saturated carbocycles. The summed E-state index contributed by atoms with van der Waals surface area (Å²) in [6.07, 6.45) is 26.1. The minimum atomic E-state index is -0.463. The predicted molar refractivity (Wildman–Crippen MR) is 175 cm³/mol. The molecule has 6 unspecified atom stereocenters. The summed E-state index contributed by atoms with van der Waals surface area (Å²) in [7, 11) is 0. The van der Waals surface area contributed by atoms with Crippen LogP contribution in [0.1, 0.15) is 168 Å². The van der Waals surface area contributed by atoms with E-state index in [0.29, 0.717) is 12.0 Å². The number of rotatable bonds is 25. The number of ether oxygens (including phenoxy) is 3. The molecule has 0 amide bonds. The number of aliphatic hydroxyl groups excluding tert-OH is 3.